The first kappa shape index (κ1) is 27.7. The molecule has 190 valence electrons. The summed E-state index contributed by atoms with van der Waals surface area (Å²) >= 11 is -1.57. The van der Waals surface area contributed by atoms with Gasteiger partial charge in [-0.1, -0.05) is 6.07 Å². The average Bonchev–Trinajstić information content (AvgIpc) is 2.85. The van der Waals surface area contributed by atoms with Gasteiger partial charge >= 0.3 is 17.8 Å². The Morgan fingerprint density at radius 3 is 2.09 bits per heavy atom. The zero-order valence-corrected chi connectivity index (χ0v) is 20.5. The summed E-state index contributed by atoms with van der Waals surface area (Å²) in [5.74, 6) is -7.75. The van der Waals surface area contributed by atoms with E-state index in [0.29, 0.717) is 33.3 Å². The molecule has 0 saturated heterocycles. The fourth-order valence-electron chi connectivity index (χ4n) is 3.05. The number of alkyl halides is 2. The number of carboxylic acid groups (broad SMARTS) is 1. The standard InChI is InChI=1S/C23H25F2NO8S/c1-26(21(27)23(24,25)22(28)29)17-10-14(6-7-18(17)32-3)13-35(30)9-8-16-19(33-4)11-15(31-2)12-20(16)34-5/h6-12H,13H2,1-5H3,(H,28,29). The number of carboxylic acids is 1. The highest BCUT2D eigenvalue weighted by molar-refractivity contribution is 7.93. The molecule has 2 aromatic carbocycles. The van der Waals surface area contributed by atoms with Crippen LogP contribution in [0, 0.1) is 0 Å². The lowest BCUT2D eigenvalue weighted by atomic mass is 10.1. The van der Waals surface area contributed by atoms with Crippen molar-refractivity contribution in [3.63, 3.8) is 0 Å². The molecule has 9 nitrogen and oxygen atoms in total. The molecule has 2 aromatic rings. The summed E-state index contributed by atoms with van der Waals surface area (Å²) in [5.41, 5.74) is 0.854. The predicted octanol–water partition coefficient (Wildman–Crippen LogP) is 3.32. The third-order valence-corrected chi connectivity index (χ3v) is 5.95. The molecule has 0 heterocycles. The minimum absolute atomic E-state index is 0.0361. The van der Waals surface area contributed by atoms with E-state index in [1.807, 2.05) is 0 Å². The van der Waals surface area contributed by atoms with Gasteiger partial charge < -0.3 is 33.5 Å². The van der Waals surface area contributed by atoms with Gasteiger partial charge in [0.05, 0.1) is 39.7 Å². The van der Waals surface area contributed by atoms with Crippen LogP contribution in [-0.2, 0) is 26.5 Å². The Bertz CT molecular complexity index is 1080. The summed E-state index contributed by atoms with van der Waals surface area (Å²) in [6.45, 7) is 0. The summed E-state index contributed by atoms with van der Waals surface area (Å²) in [6, 6.07) is 7.57. The topological polar surface area (TPSA) is 118 Å². The number of aliphatic carboxylic acids is 1. The van der Waals surface area contributed by atoms with Crippen LogP contribution in [0.15, 0.2) is 35.7 Å². The molecule has 1 atom stereocenters. The molecule has 0 spiro atoms. The number of methoxy groups -OCH3 is 4. The molecule has 1 amide bonds. The largest absolute Gasteiger partial charge is 0.612 e. The van der Waals surface area contributed by atoms with Crippen LogP contribution in [0.1, 0.15) is 11.1 Å². The molecule has 0 aliphatic rings. The summed E-state index contributed by atoms with van der Waals surface area (Å²) in [4.78, 5) is 23.3. The van der Waals surface area contributed by atoms with E-state index in [0.717, 1.165) is 7.05 Å². The van der Waals surface area contributed by atoms with Gasteiger partial charge in [-0.3, -0.25) is 4.79 Å². The maximum absolute atomic E-state index is 13.7. The molecule has 0 aliphatic carbocycles. The van der Waals surface area contributed by atoms with Crippen molar-refractivity contribution in [3.05, 3.63) is 46.9 Å². The zero-order valence-electron chi connectivity index (χ0n) is 19.7. The van der Waals surface area contributed by atoms with E-state index in [1.165, 1.54) is 46.0 Å². The summed E-state index contributed by atoms with van der Waals surface area (Å²) in [7, 11) is 6.69. The molecule has 0 fully saturated rings. The minimum Gasteiger partial charge on any atom is -0.612 e. The third-order valence-electron chi connectivity index (χ3n) is 4.90. The second-order valence-corrected chi connectivity index (χ2v) is 8.35. The fraction of sp³-hybridized carbons (Fsp3) is 0.304. The molecule has 2 rings (SSSR count). The van der Waals surface area contributed by atoms with Gasteiger partial charge in [0.15, 0.2) is 0 Å². The molecular formula is C23H25F2NO8S. The quantitative estimate of drug-likeness (QED) is 0.359. The van der Waals surface area contributed by atoms with Crippen LogP contribution in [0.2, 0.25) is 0 Å². The maximum atomic E-state index is 13.7. The Morgan fingerprint density at radius 1 is 1.03 bits per heavy atom. The SMILES string of the molecule is COc1cc(OC)c(C=C[S+]([O-])Cc2ccc(OC)c(N(C)C(=O)C(F)(F)C(=O)O)c2)c(OC)c1. The second kappa shape index (κ2) is 11.8. The van der Waals surface area contributed by atoms with Gasteiger partial charge in [0.1, 0.15) is 34.2 Å². The van der Waals surface area contributed by atoms with Gasteiger partial charge in [0.25, 0.3) is 0 Å². The van der Waals surface area contributed by atoms with Gasteiger partial charge in [-0.05, 0) is 23.3 Å². The summed E-state index contributed by atoms with van der Waals surface area (Å²) in [5, 5.41) is 10.1. The third kappa shape index (κ3) is 6.34. The summed E-state index contributed by atoms with van der Waals surface area (Å²) in [6.07, 6.45) is 1.56. The van der Waals surface area contributed by atoms with E-state index in [-0.39, 0.29) is 17.2 Å². The van der Waals surface area contributed by atoms with Crippen molar-refractivity contribution in [1.29, 1.82) is 0 Å². The number of amides is 1. The second-order valence-electron chi connectivity index (χ2n) is 7.02. The molecule has 0 saturated carbocycles. The van der Waals surface area contributed by atoms with Crippen LogP contribution in [0.25, 0.3) is 6.08 Å². The van der Waals surface area contributed by atoms with E-state index in [9.17, 15) is 22.9 Å². The predicted molar refractivity (Wildman–Crippen MR) is 126 cm³/mol. The lowest BCUT2D eigenvalue weighted by molar-refractivity contribution is -0.171. The van der Waals surface area contributed by atoms with Crippen LogP contribution >= 0.6 is 0 Å². The first-order valence-corrected chi connectivity index (χ1v) is 11.3. The van der Waals surface area contributed by atoms with Gasteiger partial charge in [-0.15, -0.1) is 0 Å². The van der Waals surface area contributed by atoms with Gasteiger partial charge in [0, 0.05) is 30.8 Å². The van der Waals surface area contributed by atoms with Crippen LogP contribution in [0.3, 0.4) is 0 Å². The first-order chi connectivity index (χ1) is 16.5. The number of hydrogen-bond acceptors (Lipinski definition) is 7. The normalized spacial score (nSPS) is 12.2. The molecule has 0 radical (unpaired) electrons. The van der Waals surface area contributed by atoms with Crippen molar-refractivity contribution >= 4 is 34.8 Å². The van der Waals surface area contributed by atoms with Crippen LogP contribution in [0.4, 0.5) is 14.5 Å². The number of rotatable bonds is 11. The van der Waals surface area contributed by atoms with Gasteiger partial charge in [0.2, 0.25) is 0 Å². The van der Waals surface area contributed by atoms with E-state index in [1.54, 1.807) is 24.3 Å². The highest BCUT2D eigenvalue weighted by Gasteiger charge is 2.50. The number of anilines is 1. The van der Waals surface area contributed by atoms with Crippen LogP contribution in [0.5, 0.6) is 23.0 Å². The number of hydrogen-bond donors (Lipinski definition) is 1. The molecule has 1 N–H and O–H groups in total. The number of ether oxygens (including phenoxy) is 4. The Kier molecular flexibility index (Phi) is 9.32. The van der Waals surface area contributed by atoms with Crippen molar-refractivity contribution in [3.8, 4) is 23.0 Å². The van der Waals surface area contributed by atoms with Gasteiger partial charge in [-0.2, -0.15) is 8.78 Å². The maximum Gasteiger partial charge on any atom is 0.419 e. The molecule has 0 aromatic heterocycles. The van der Waals surface area contributed by atoms with E-state index in [4.69, 9.17) is 24.1 Å². The molecular weight excluding hydrogens is 488 g/mol. The number of nitrogens with zero attached hydrogens (tertiary/aromatic N) is 1. The smallest absolute Gasteiger partial charge is 0.419 e. The van der Waals surface area contributed by atoms with Crippen LogP contribution < -0.4 is 23.8 Å². The number of halogens is 2. The summed E-state index contributed by atoms with van der Waals surface area (Å²) < 4.78 is 61.2. The Morgan fingerprint density at radius 2 is 1.60 bits per heavy atom. The fourth-order valence-corrected chi connectivity index (χ4v) is 3.94. The Balaban J connectivity index is 2.31. The monoisotopic (exact) mass is 513 g/mol. The lowest BCUT2D eigenvalue weighted by Crippen LogP contribution is -2.47. The number of carbonyl (C=O) groups is 2. The molecule has 12 heteroatoms. The first-order valence-electron chi connectivity index (χ1n) is 9.91. The van der Waals surface area contributed by atoms with Crippen LogP contribution in [-0.4, -0.2) is 62.9 Å². The Hall–Kier alpha value is -3.51. The molecule has 1 unspecified atom stereocenters. The van der Waals surface area contributed by atoms with E-state index >= 15 is 0 Å². The zero-order chi connectivity index (χ0) is 26.3. The molecule has 0 aliphatic heterocycles. The van der Waals surface area contributed by atoms with Crippen molar-refractivity contribution in [1.82, 2.24) is 0 Å². The van der Waals surface area contributed by atoms with E-state index < -0.39 is 29.0 Å². The van der Waals surface area contributed by atoms with Crippen molar-refractivity contribution in [2.45, 2.75) is 11.7 Å². The molecule has 35 heavy (non-hydrogen) atoms. The Labute approximate surface area is 204 Å². The number of carbonyl (C=O) groups excluding carboxylic acids is 1. The number of benzene rings is 2. The van der Waals surface area contributed by atoms with Crippen molar-refractivity contribution in [2.75, 3.05) is 40.4 Å². The molecule has 0 bridgehead atoms. The van der Waals surface area contributed by atoms with Gasteiger partial charge in [-0.25, -0.2) is 4.79 Å². The highest BCUT2D eigenvalue weighted by atomic mass is 32.2. The van der Waals surface area contributed by atoms with Crippen molar-refractivity contribution < 1.29 is 47.0 Å². The highest BCUT2D eigenvalue weighted by Crippen LogP contribution is 2.36. The minimum atomic E-state index is -4.63. The van der Waals surface area contributed by atoms with Crippen molar-refractivity contribution in [2.24, 2.45) is 0 Å². The average molecular weight is 514 g/mol. The lowest BCUT2D eigenvalue weighted by Gasteiger charge is -2.23. The van der Waals surface area contributed by atoms with E-state index in [2.05, 4.69) is 0 Å².